The van der Waals surface area contributed by atoms with Crippen LogP contribution in [0.3, 0.4) is 0 Å². The highest BCUT2D eigenvalue weighted by Crippen LogP contribution is 2.31. The van der Waals surface area contributed by atoms with Gasteiger partial charge in [0, 0.05) is 31.7 Å². The van der Waals surface area contributed by atoms with Gasteiger partial charge in [0.1, 0.15) is 5.82 Å². The lowest BCUT2D eigenvalue weighted by Crippen LogP contribution is -2.59. The van der Waals surface area contributed by atoms with Gasteiger partial charge in [0.15, 0.2) is 0 Å². The molecule has 174 valence electrons. The largest absolute Gasteiger partial charge is 0.370 e. The molecule has 2 fully saturated rings. The first-order chi connectivity index (χ1) is 16.4. The molecule has 0 aromatic heterocycles. The van der Waals surface area contributed by atoms with Crippen LogP contribution in [0.25, 0.3) is 0 Å². The maximum atomic E-state index is 13.5. The average Bonchev–Trinajstić information content (AvgIpc) is 3.34. The number of hydrogen-bond acceptors (Lipinski definition) is 5. The Labute approximate surface area is 206 Å². The van der Waals surface area contributed by atoms with Crippen molar-refractivity contribution in [1.29, 1.82) is 5.26 Å². The van der Waals surface area contributed by atoms with E-state index in [2.05, 4.69) is 16.0 Å². The Hall–Kier alpha value is -2.76. The standard InChI is InChI=1S/C25H21Cl2FN4O2/c26-20-9-16(4-5-21(20)28)23-13-31-6-7-32(12-17(31)14-34-23)25(33)19-3-1-2-18(24(19)27)22-8-15(10-29)11-30-22/h1-5,8-9,17,23H,6-7,11-14H2/t17-,23-/m0/s1. The first-order valence-corrected chi connectivity index (χ1v) is 11.7. The Morgan fingerprint density at radius 3 is 2.82 bits per heavy atom. The molecule has 0 radical (unpaired) electrons. The summed E-state index contributed by atoms with van der Waals surface area (Å²) in [7, 11) is 0. The second-order valence-electron chi connectivity index (χ2n) is 8.55. The molecule has 2 atom stereocenters. The van der Waals surface area contributed by atoms with E-state index in [1.807, 2.05) is 6.07 Å². The van der Waals surface area contributed by atoms with Crippen LogP contribution in [-0.2, 0) is 4.74 Å². The molecule has 2 aromatic rings. The van der Waals surface area contributed by atoms with Crippen LogP contribution in [0, 0.1) is 17.1 Å². The van der Waals surface area contributed by atoms with E-state index >= 15 is 0 Å². The van der Waals surface area contributed by atoms with Crippen molar-refractivity contribution >= 4 is 34.8 Å². The maximum absolute atomic E-state index is 13.5. The Morgan fingerprint density at radius 1 is 1.21 bits per heavy atom. The quantitative estimate of drug-likeness (QED) is 0.633. The second-order valence-corrected chi connectivity index (χ2v) is 9.33. The van der Waals surface area contributed by atoms with Crippen LogP contribution < -0.4 is 0 Å². The van der Waals surface area contributed by atoms with Crippen LogP contribution >= 0.6 is 23.2 Å². The third kappa shape index (κ3) is 4.35. The number of allylic oxidation sites excluding steroid dienone is 1. The van der Waals surface area contributed by atoms with E-state index in [9.17, 15) is 9.18 Å². The highest BCUT2D eigenvalue weighted by Gasteiger charge is 2.36. The number of nitriles is 1. The highest BCUT2D eigenvalue weighted by atomic mass is 35.5. The van der Waals surface area contributed by atoms with Gasteiger partial charge in [-0.1, -0.05) is 41.4 Å². The number of amides is 1. The zero-order valence-electron chi connectivity index (χ0n) is 18.2. The number of benzene rings is 2. The van der Waals surface area contributed by atoms with Crippen molar-refractivity contribution in [3.05, 3.63) is 80.6 Å². The van der Waals surface area contributed by atoms with Crippen LogP contribution in [0.4, 0.5) is 4.39 Å². The van der Waals surface area contributed by atoms with E-state index in [1.165, 1.54) is 6.07 Å². The molecule has 0 N–H and O–H groups in total. The molecule has 34 heavy (non-hydrogen) atoms. The summed E-state index contributed by atoms with van der Waals surface area (Å²) in [5.74, 6) is -0.586. The molecular formula is C25H21Cl2FN4O2. The van der Waals surface area contributed by atoms with E-state index in [0.29, 0.717) is 66.8 Å². The van der Waals surface area contributed by atoms with E-state index in [0.717, 1.165) is 5.56 Å². The van der Waals surface area contributed by atoms with Gasteiger partial charge in [-0.3, -0.25) is 14.7 Å². The molecule has 2 aromatic carbocycles. The molecule has 3 aliphatic heterocycles. The molecule has 3 heterocycles. The predicted molar refractivity (Wildman–Crippen MR) is 128 cm³/mol. The molecule has 3 aliphatic rings. The summed E-state index contributed by atoms with van der Waals surface area (Å²) < 4.78 is 19.6. The first kappa shape index (κ1) is 23.0. The molecule has 0 bridgehead atoms. The fourth-order valence-corrected chi connectivity index (χ4v) is 5.10. The Bertz CT molecular complexity index is 1260. The van der Waals surface area contributed by atoms with E-state index in [4.69, 9.17) is 33.2 Å². The predicted octanol–water partition coefficient (Wildman–Crippen LogP) is 4.28. The molecule has 0 aliphatic carbocycles. The van der Waals surface area contributed by atoms with Gasteiger partial charge in [0.25, 0.3) is 5.91 Å². The topological polar surface area (TPSA) is 68.9 Å². The Kier molecular flexibility index (Phi) is 6.41. The van der Waals surface area contributed by atoms with Gasteiger partial charge >= 0.3 is 0 Å². The lowest BCUT2D eigenvalue weighted by Gasteiger charge is -2.46. The average molecular weight is 499 g/mol. The van der Waals surface area contributed by atoms with Crippen LogP contribution in [0.2, 0.25) is 10.0 Å². The normalized spacial score (nSPS) is 22.6. The van der Waals surface area contributed by atoms with Gasteiger partial charge in [-0.2, -0.15) is 5.26 Å². The summed E-state index contributed by atoms with van der Waals surface area (Å²) in [5, 5.41) is 9.52. The summed E-state index contributed by atoms with van der Waals surface area (Å²) in [6, 6.07) is 12.1. The lowest BCUT2D eigenvalue weighted by atomic mass is 10.0. The number of halogens is 3. The number of nitrogens with zero attached hydrogens (tertiary/aromatic N) is 4. The zero-order chi connectivity index (χ0) is 23.8. The number of carbonyl (C=O) groups excluding carboxylic acids is 1. The summed E-state index contributed by atoms with van der Waals surface area (Å²) in [4.78, 5) is 21.8. The van der Waals surface area contributed by atoms with E-state index < -0.39 is 5.82 Å². The lowest BCUT2D eigenvalue weighted by molar-refractivity contribution is -0.0858. The van der Waals surface area contributed by atoms with Crippen molar-refractivity contribution in [3.63, 3.8) is 0 Å². The monoisotopic (exact) mass is 498 g/mol. The summed E-state index contributed by atoms with van der Waals surface area (Å²) in [5.41, 5.74) is 3.10. The molecule has 6 nitrogen and oxygen atoms in total. The van der Waals surface area contributed by atoms with Gasteiger partial charge < -0.3 is 9.64 Å². The zero-order valence-corrected chi connectivity index (χ0v) is 19.7. The highest BCUT2D eigenvalue weighted by molar-refractivity contribution is 6.38. The molecular weight excluding hydrogens is 478 g/mol. The van der Waals surface area contributed by atoms with Crippen LogP contribution in [0.15, 0.2) is 53.0 Å². The summed E-state index contributed by atoms with van der Waals surface area (Å²) in [6.45, 7) is 3.22. The third-order valence-electron chi connectivity index (χ3n) is 6.48. The van der Waals surface area contributed by atoms with Crippen molar-refractivity contribution < 1.29 is 13.9 Å². The van der Waals surface area contributed by atoms with Crippen molar-refractivity contribution in [3.8, 4) is 6.07 Å². The van der Waals surface area contributed by atoms with Gasteiger partial charge in [0.05, 0.1) is 58.3 Å². The number of carbonyl (C=O) groups is 1. The number of hydrogen-bond donors (Lipinski definition) is 0. The second kappa shape index (κ2) is 9.47. The maximum Gasteiger partial charge on any atom is 0.255 e. The molecule has 0 spiro atoms. The smallest absolute Gasteiger partial charge is 0.255 e. The minimum absolute atomic E-state index is 0.0622. The summed E-state index contributed by atoms with van der Waals surface area (Å²) >= 11 is 12.6. The van der Waals surface area contributed by atoms with Gasteiger partial charge in [-0.05, 0) is 29.8 Å². The SMILES string of the molecule is N#CC1=CC(c2cccc(C(=O)N3CCN4C[C@@H](c5ccc(F)c(Cl)c5)OC[C@@H]4C3)c2Cl)=NC1. The van der Waals surface area contributed by atoms with Crippen molar-refractivity contribution in [2.45, 2.75) is 12.1 Å². The fraction of sp³-hybridized carbons (Fsp3) is 0.320. The molecule has 9 heteroatoms. The fourth-order valence-electron chi connectivity index (χ4n) is 4.61. The molecule has 0 saturated carbocycles. The van der Waals surface area contributed by atoms with Crippen LogP contribution in [-0.4, -0.2) is 66.8 Å². The molecule has 1 amide bonds. The van der Waals surface area contributed by atoms with Crippen molar-refractivity contribution in [1.82, 2.24) is 9.80 Å². The number of rotatable bonds is 3. The number of morpholine rings is 1. The minimum Gasteiger partial charge on any atom is -0.370 e. The summed E-state index contributed by atoms with van der Waals surface area (Å²) in [6.07, 6.45) is 1.51. The molecule has 5 rings (SSSR count). The van der Waals surface area contributed by atoms with Crippen LogP contribution in [0.1, 0.15) is 27.6 Å². The van der Waals surface area contributed by atoms with Crippen molar-refractivity contribution in [2.24, 2.45) is 4.99 Å². The number of ether oxygens (including phenoxy) is 1. The number of piperazine rings is 1. The molecule has 2 saturated heterocycles. The molecule has 0 unspecified atom stereocenters. The number of fused-ring (bicyclic) bond motifs is 1. The van der Waals surface area contributed by atoms with Crippen LogP contribution in [0.5, 0.6) is 0 Å². The Balaban J connectivity index is 1.28. The third-order valence-corrected chi connectivity index (χ3v) is 7.17. The first-order valence-electron chi connectivity index (χ1n) is 11.0. The van der Waals surface area contributed by atoms with Gasteiger partial charge in [-0.25, -0.2) is 4.39 Å². The van der Waals surface area contributed by atoms with Gasteiger partial charge in [0.2, 0.25) is 0 Å². The number of aliphatic imine (C=N–C) groups is 1. The minimum atomic E-state index is -0.449. The van der Waals surface area contributed by atoms with E-state index in [1.54, 1.807) is 35.2 Å². The van der Waals surface area contributed by atoms with Gasteiger partial charge in [-0.15, -0.1) is 0 Å². The van der Waals surface area contributed by atoms with E-state index in [-0.39, 0.29) is 23.1 Å². The Morgan fingerprint density at radius 2 is 2.06 bits per heavy atom. The van der Waals surface area contributed by atoms with Crippen molar-refractivity contribution in [2.75, 3.05) is 39.3 Å².